The van der Waals surface area contributed by atoms with Crippen molar-refractivity contribution in [2.45, 2.75) is 39.2 Å². The van der Waals surface area contributed by atoms with E-state index in [1.165, 1.54) is 6.42 Å². The molecule has 0 spiro atoms. The summed E-state index contributed by atoms with van der Waals surface area (Å²) in [7, 11) is 0. The molecule has 0 bridgehead atoms. The Morgan fingerprint density at radius 2 is 1.91 bits per heavy atom. The van der Waals surface area contributed by atoms with E-state index in [1.54, 1.807) is 0 Å². The molecule has 0 aromatic carbocycles. The minimum Gasteiger partial charge on any atom is -0.140 e. The summed E-state index contributed by atoms with van der Waals surface area (Å²) in [6.45, 7) is 2.27. The molecule has 3 heteroatoms. The molecule has 11 heavy (non-hydrogen) atoms. The quantitative estimate of drug-likeness (QED) is 0.472. The van der Waals surface area contributed by atoms with Gasteiger partial charge in [-0.15, -0.1) is 22.2 Å². The van der Waals surface area contributed by atoms with Crippen molar-refractivity contribution in [3.8, 4) is 0 Å². The first-order chi connectivity index (χ1) is 5.12. The van der Waals surface area contributed by atoms with Gasteiger partial charge in [0.1, 0.15) is 0 Å². The molecule has 0 aromatic heterocycles. The monoisotopic (exact) mass is 210 g/mol. The van der Waals surface area contributed by atoms with Gasteiger partial charge in [0.15, 0.2) is 0 Å². The fraction of sp³-hybridized carbons (Fsp3) is 0.750. The van der Waals surface area contributed by atoms with Gasteiger partial charge in [0.25, 0.3) is 6.69 Å². The van der Waals surface area contributed by atoms with Crippen molar-refractivity contribution in [1.29, 1.82) is 0 Å². The van der Waals surface area contributed by atoms with Crippen LogP contribution >= 0.6 is 22.2 Å². The van der Waals surface area contributed by atoms with Crippen LogP contribution in [0.2, 0.25) is 6.04 Å². The van der Waals surface area contributed by atoms with Gasteiger partial charge in [-0.05, 0) is 12.5 Å². The number of allylic oxidation sites excluding steroid dienone is 1. The number of unbranched alkanes of at least 4 members (excludes halogenated alkanes) is 1. The van der Waals surface area contributed by atoms with Crippen LogP contribution in [0.25, 0.3) is 0 Å². The van der Waals surface area contributed by atoms with Gasteiger partial charge in [-0.2, -0.15) is 0 Å². The molecule has 66 valence electrons. The van der Waals surface area contributed by atoms with Crippen LogP contribution in [-0.4, -0.2) is 6.69 Å². The topological polar surface area (TPSA) is 0 Å². The fourth-order valence-electron chi connectivity index (χ4n) is 0.786. The van der Waals surface area contributed by atoms with Crippen molar-refractivity contribution in [2.24, 2.45) is 0 Å². The summed E-state index contributed by atoms with van der Waals surface area (Å²) in [6.07, 6.45) is 5.42. The fourth-order valence-corrected chi connectivity index (χ4v) is 3.69. The van der Waals surface area contributed by atoms with Gasteiger partial charge >= 0.3 is 0 Å². The number of hydrogen-bond acceptors (Lipinski definition) is 0. The van der Waals surface area contributed by atoms with Gasteiger partial charge in [0, 0.05) is 0 Å². The smallest absolute Gasteiger partial charge is 0.140 e. The normalized spacial score (nSPS) is 12.7. The molecule has 0 aliphatic rings. The second-order valence-electron chi connectivity index (χ2n) is 2.68. The number of halogens is 2. The Labute approximate surface area is 80.0 Å². The van der Waals surface area contributed by atoms with E-state index in [0.717, 1.165) is 18.9 Å². The third kappa shape index (κ3) is 6.92. The summed E-state index contributed by atoms with van der Waals surface area (Å²) < 4.78 is 0. The highest BCUT2D eigenvalue weighted by Crippen LogP contribution is 2.24. The molecule has 0 atom stereocenters. The summed E-state index contributed by atoms with van der Waals surface area (Å²) >= 11 is 12.2. The highest BCUT2D eigenvalue weighted by molar-refractivity contribution is 7.47. The first kappa shape index (κ1) is 11.5. The molecule has 0 saturated heterocycles. The Morgan fingerprint density at radius 3 is 2.36 bits per heavy atom. The summed E-state index contributed by atoms with van der Waals surface area (Å²) in [5.74, 6) is 0. The van der Waals surface area contributed by atoms with Crippen LogP contribution in [0.1, 0.15) is 33.1 Å². The van der Waals surface area contributed by atoms with Gasteiger partial charge < -0.3 is 0 Å². The lowest BCUT2D eigenvalue weighted by Crippen LogP contribution is -2.14. The lowest BCUT2D eigenvalue weighted by Gasteiger charge is -2.09. The van der Waals surface area contributed by atoms with Crippen LogP contribution in [0.4, 0.5) is 0 Å². The Morgan fingerprint density at radius 1 is 1.27 bits per heavy atom. The second kappa shape index (κ2) is 6.10. The van der Waals surface area contributed by atoms with Crippen LogP contribution in [0.3, 0.4) is 0 Å². The molecule has 0 aliphatic heterocycles. The third-order valence-corrected chi connectivity index (χ3v) is 5.09. The van der Waals surface area contributed by atoms with Crippen molar-refractivity contribution in [1.82, 2.24) is 0 Å². The largest absolute Gasteiger partial charge is 0.273 e. The predicted octanol–water partition coefficient (Wildman–Crippen LogP) is 4.21. The van der Waals surface area contributed by atoms with Gasteiger partial charge in [-0.25, -0.2) is 0 Å². The molecule has 0 nitrogen and oxygen atoms in total. The minimum atomic E-state index is -1.98. The van der Waals surface area contributed by atoms with E-state index in [2.05, 4.69) is 19.9 Å². The molecule has 0 fully saturated rings. The van der Waals surface area contributed by atoms with Crippen LogP contribution in [0.15, 0.2) is 11.8 Å². The predicted molar refractivity (Wildman–Crippen MR) is 56.6 cm³/mol. The molecule has 0 N–H and O–H groups in total. The molecular weight excluding hydrogens is 195 g/mol. The average Bonchev–Trinajstić information content (AvgIpc) is 1.97. The van der Waals surface area contributed by atoms with Crippen LogP contribution in [0.5, 0.6) is 0 Å². The average molecular weight is 211 g/mol. The first-order valence-electron chi connectivity index (χ1n) is 4.18. The van der Waals surface area contributed by atoms with Gasteiger partial charge in [-0.1, -0.05) is 38.5 Å². The lowest BCUT2D eigenvalue weighted by molar-refractivity contribution is 0.877. The molecule has 0 heterocycles. The highest BCUT2D eigenvalue weighted by Gasteiger charge is 2.22. The highest BCUT2D eigenvalue weighted by atomic mass is 35.7. The van der Waals surface area contributed by atoms with Crippen LogP contribution < -0.4 is 0 Å². The molecular formula is C8H16Cl2Si. The first-order valence-corrected chi connectivity index (χ1v) is 8.48. The third-order valence-electron chi connectivity index (χ3n) is 1.46. The molecule has 0 unspecified atom stereocenters. The number of rotatable bonds is 5. The Balaban J connectivity index is 3.69. The van der Waals surface area contributed by atoms with Gasteiger partial charge in [-0.3, -0.25) is 0 Å². The van der Waals surface area contributed by atoms with E-state index in [4.69, 9.17) is 22.2 Å². The van der Waals surface area contributed by atoms with E-state index in [0.29, 0.717) is 0 Å². The van der Waals surface area contributed by atoms with E-state index >= 15 is 0 Å². The summed E-state index contributed by atoms with van der Waals surface area (Å²) in [4.78, 5) is 0. The zero-order valence-electron chi connectivity index (χ0n) is 7.24. The molecule has 0 radical (unpaired) electrons. The van der Waals surface area contributed by atoms with Crippen molar-refractivity contribution < 1.29 is 0 Å². The Kier molecular flexibility index (Phi) is 6.40. The van der Waals surface area contributed by atoms with E-state index in [1.807, 2.05) is 5.70 Å². The van der Waals surface area contributed by atoms with Crippen molar-refractivity contribution in [3.05, 3.63) is 11.8 Å². The standard InChI is InChI=1S/C8H16Cl2Si/c1-3-5-7-11(9,10)8-6-4-2/h5,7H,3-4,6,8H2,1-2H3. The SMILES string of the molecule is CCC=C[Si](Cl)(Cl)CCCC. The van der Waals surface area contributed by atoms with E-state index < -0.39 is 6.69 Å². The van der Waals surface area contributed by atoms with Crippen molar-refractivity contribution in [3.63, 3.8) is 0 Å². The van der Waals surface area contributed by atoms with Crippen molar-refractivity contribution in [2.75, 3.05) is 0 Å². The van der Waals surface area contributed by atoms with Crippen LogP contribution in [0, 0.1) is 0 Å². The number of hydrogen-bond donors (Lipinski definition) is 0. The summed E-state index contributed by atoms with van der Waals surface area (Å²) in [5, 5.41) is 0. The zero-order valence-corrected chi connectivity index (χ0v) is 9.75. The van der Waals surface area contributed by atoms with Crippen molar-refractivity contribution >= 4 is 28.9 Å². The Hall–Kier alpha value is 0.537. The van der Waals surface area contributed by atoms with Gasteiger partial charge in [0.05, 0.1) is 0 Å². The van der Waals surface area contributed by atoms with E-state index in [-0.39, 0.29) is 0 Å². The molecule has 0 saturated carbocycles. The maximum atomic E-state index is 6.11. The van der Waals surface area contributed by atoms with Crippen LogP contribution in [-0.2, 0) is 0 Å². The van der Waals surface area contributed by atoms with Gasteiger partial charge in [0.2, 0.25) is 0 Å². The van der Waals surface area contributed by atoms with E-state index in [9.17, 15) is 0 Å². The lowest BCUT2D eigenvalue weighted by atomic mass is 10.4. The molecule has 0 amide bonds. The summed E-state index contributed by atoms with van der Waals surface area (Å²) in [6, 6.07) is 0.989. The molecule has 0 aliphatic carbocycles. The summed E-state index contributed by atoms with van der Waals surface area (Å²) in [5.41, 5.74) is 2.02. The minimum absolute atomic E-state index is 0.989. The zero-order chi connectivity index (χ0) is 8.74. The maximum Gasteiger partial charge on any atom is 0.273 e. The molecule has 0 aromatic rings. The maximum absolute atomic E-state index is 6.11. The molecule has 0 rings (SSSR count). The second-order valence-corrected chi connectivity index (χ2v) is 9.66. The Bertz CT molecular complexity index is 121.